The number of aryl methyl sites for hydroxylation is 1. The molecule has 0 radical (unpaired) electrons. The van der Waals surface area contributed by atoms with E-state index in [1.165, 1.54) is 37.3 Å². The van der Waals surface area contributed by atoms with E-state index >= 15 is 0 Å². The van der Waals surface area contributed by atoms with E-state index in [0.717, 1.165) is 16.8 Å². The Morgan fingerprint density at radius 2 is 2.13 bits per heavy atom. The summed E-state index contributed by atoms with van der Waals surface area (Å²) in [5, 5.41) is 9.10. The van der Waals surface area contributed by atoms with Crippen molar-refractivity contribution in [1.82, 2.24) is 0 Å². The second-order valence-corrected chi connectivity index (χ2v) is 5.89. The highest BCUT2D eigenvalue weighted by molar-refractivity contribution is 5.91. The van der Waals surface area contributed by atoms with E-state index < -0.39 is 0 Å². The summed E-state index contributed by atoms with van der Waals surface area (Å²) in [6, 6.07) is 5.93. The van der Waals surface area contributed by atoms with Gasteiger partial charge in [0.2, 0.25) is 5.91 Å². The lowest BCUT2D eigenvalue weighted by molar-refractivity contribution is -0.116. The second-order valence-electron chi connectivity index (χ2n) is 5.89. The van der Waals surface area contributed by atoms with Crippen LogP contribution in [0, 0.1) is 6.92 Å². The number of hydrogen-bond acceptors (Lipinski definition) is 2. The molecule has 1 amide bonds. The minimum atomic E-state index is -0.0644. The number of rotatable bonds is 6. The summed E-state index contributed by atoms with van der Waals surface area (Å²) in [5.41, 5.74) is 5.76. The minimum absolute atomic E-state index is 0.0451. The molecule has 23 heavy (non-hydrogen) atoms. The maximum atomic E-state index is 11.7. The van der Waals surface area contributed by atoms with Gasteiger partial charge >= 0.3 is 0 Å². The van der Waals surface area contributed by atoms with Crippen molar-refractivity contribution in [3.8, 4) is 0 Å². The zero-order valence-corrected chi connectivity index (χ0v) is 14.0. The molecule has 1 aliphatic rings. The van der Waals surface area contributed by atoms with E-state index in [-0.39, 0.29) is 12.5 Å². The fourth-order valence-electron chi connectivity index (χ4n) is 2.74. The number of hydrogen-bond donors (Lipinski definition) is 1. The summed E-state index contributed by atoms with van der Waals surface area (Å²) in [4.78, 5) is 13.3. The van der Waals surface area contributed by atoms with Crippen LogP contribution in [0.1, 0.15) is 37.3 Å². The number of carbonyl (C=O) groups is 1. The average Bonchev–Trinajstić information content (AvgIpc) is 2.47. The van der Waals surface area contributed by atoms with Crippen LogP contribution in [0.4, 0.5) is 5.69 Å². The van der Waals surface area contributed by atoms with Crippen LogP contribution in [0.5, 0.6) is 0 Å². The molecule has 1 aromatic rings. The standard InChI is InChI=1S/C20H25NO2/c1-4-17(19-6-5-7-19)8-9-18-10-11-20(14-15(18)2)21(12-13-22)16(3)23/h4,8-11,14,22H,1,5-7,12-13H2,2-3H3/b9-8+. The number of amides is 1. The molecule has 1 fully saturated rings. The molecule has 1 N–H and O–H groups in total. The van der Waals surface area contributed by atoms with Gasteiger partial charge in [-0.25, -0.2) is 0 Å². The number of carbonyl (C=O) groups excluding carboxylic acids is 1. The Kier molecular flexibility index (Phi) is 5.94. The van der Waals surface area contributed by atoms with Gasteiger partial charge in [-0.3, -0.25) is 4.79 Å². The molecule has 1 aromatic carbocycles. The molecule has 2 rings (SSSR count). The Morgan fingerprint density at radius 1 is 1.39 bits per heavy atom. The molecule has 3 nitrogen and oxygen atoms in total. The van der Waals surface area contributed by atoms with Crippen LogP contribution in [0.3, 0.4) is 0 Å². The molecule has 0 heterocycles. The molecule has 0 aliphatic heterocycles. The van der Waals surface area contributed by atoms with Crippen LogP contribution in [0.25, 0.3) is 6.08 Å². The molecule has 122 valence electrons. The highest BCUT2D eigenvalue weighted by atomic mass is 16.3. The van der Waals surface area contributed by atoms with Gasteiger partial charge in [0.1, 0.15) is 0 Å². The second kappa shape index (κ2) is 7.93. The number of allylic oxidation sites excluding steroid dienone is 4. The Hall–Kier alpha value is -2.13. The Bertz CT molecular complexity index is 650. The van der Waals surface area contributed by atoms with Gasteiger partial charge in [0, 0.05) is 19.2 Å². The van der Waals surface area contributed by atoms with Crippen LogP contribution in [0.2, 0.25) is 0 Å². The average molecular weight is 311 g/mol. The molecule has 0 aromatic heterocycles. The molecule has 1 aliphatic carbocycles. The van der Waals surface area contributed by atoms with Crippen molar-refractivity contribution in [2.45, 2.75) is 33.1 Å². The van der Waals surface area contributed by atoms with Crippen LogP contribution in [0.15, 0.2) is 48.1 Å². The first-order chi connectivity index (χ1) is 11.1. The van der Waals surface area contributed by atoms with Crippen molar-refractivity contribution in [3.63, 3.8) is 0 Å². The third-order valence-electron chi connectivity index (χ3n) is 4.30. The number of nitrogens with zero attached hydrogens (tertiary/aromatic N) is 1. The fraction of sp³-hybridized carbons (Fsp3) is 0.350. The topological polar surface area (TPSA) is 40.5 Å². The molecule has 0 saturated heterocycles. The quantitative estimate of drug-likeness (QED) is 0.862. The molecule has 0 unspecified atom stereocenters. The minimum Gasteiger partial charge on any atom is -0.395 e. The predicted octanol–water partition coefficient (Wildman–Crippen LogP) is 4.02. The van der Waals surface area contributed by atoms with Gasteiger partial charge in [0.05, 0.1) is 6.61 Å². The summed E-state index contributed by atoms with van der Waals surface area (Å²) in [5.74, 6) is -0.0644. The van der Waals surface area contributed by atoms with Gasteiger partial charge in [0.25, 0.3) is 0 Å². The summed E-state index contributed by atoms with van der Waals surface area (Å²) in [6.45, 7) is 7.72. The van der Waals surface area contributed by atoms with Gasteiger partial charge in [-0.2, -0.15) is 0 Å². The van der Waals surface area contributed by atoms with Crippen LogP contribution >= 0.6 is 0 Å². The lowest BCUT2D eigenvalue weighted by Crippen LogP contribution is -2.31. The van der Waals surface area contributed by atoms with Crippen LogP contribution < -0.4 is 4.90 Å². The van der Waals surface area contributed by atoms with Crippen molar-refractivity contribution >= 4 is 17.7 Å². The van der Waals surface area contributed by atoms with Gasteiger partial charge in [0.15, 0.2) is 0 Å². The maximum Gasteiger partial charge on any atom is 0.223 e. The normalized spacial score (nSPS) is 13.8. The van der Waals surface area contributed by atoms with E-state index in [9.17, 15) is 4.79 Å². The highest BCUT2D eigenvalue weighted by Gasteiger charge is 2.12. The van der Waals surface area contributed by atoms with Crippen molar-refractivity contribution in [2.75, 3.05) is 18.1 Å². The SMILES string of the molecule is C=CC(/C=C/c1ccc(N(CCO)C(C)=O)cc1C)=C1CCC1. The third-order valence-corrected chi connectivity index (χ3v) is 4.30. The van der Waals surface area contributed by atoms with Crippen molar-refractivity contribution < 1.29 is 9.90 Å². The maximum absolute atomic E-state index is 11.7. The Morgan fingerprint density at radius 3 is 2.61 bits per heavy atom. The summed E-state index contributed by atoms with van der Waals surface area (Å²) >= 11 is 0. The summed E-state index contributed by atoms with van der Waals surface area (Å²) in [6.07, 6.45) is 9.79. The van der Waals surface area contributed by atoms with Crippen molar-refractivity contribution in [3.05, 3.63) is 59.2 Å². The zero-order valence-electron chi connectivity index (χ0n) is 14.0. The molecule has 0 atom stereocenters. The zero-order chi connectivity index (χ0) is 16.8. The largest absolute Gasteiger partial charge is 0.395 e. The first kappa shape index (κ1) is 17.2. The third kappa shape index (κ3) is 4.20. The molecule has 0 bridgehead atoms. The first-order valence-electron chi connectivity index (χ1n) is 8.09. The van der Waals surface area contributed by atoms with E-state index in [1.54, 1.807) is 4.90 Å². The van der Waals surface area contributed by atoms with Crippen molar-refractivity contribution in [1.29, 1.82) is 0 Å². The van der Waals surface area contributed by atoms with E-state index in [2.05, 4.69) is 18.7 Å². The van der Waals surface area contributed by atoms with E-state index in [1.807, 2.05) is 31.2 Å². The Balaban J connectivity index is 2.22. The van der Waals surface area contributed by atoms with E-state index in [0.29, 0.717) is 6.54 Å². The Labute approximate surface area is 138 Å². The van der Waals surface area contributed by atoms with Gasteiger partial charge in [-0.1, -0.05) is 36.4 Å². The smallest absolute Gasteiger partial charge is 0.223 e. The molecule has 3 heteroatoms. The van der Waals surface area contributed by atoms with Gasteiger partial charge in [-0.15, -0.1) is 0 Å². The number of anilines is 1. The highest BCUT2D eigenvalue weighted by Crippen LogP contribution is 2.30. The van der Waals surface area contributed by atoms with Crippen molar-refractivity contribution in [2.24, 2.45) is 0 Å². The molecular formula is C20H25NO2. The van der Waals surface area contributed by atoms with Gasteiger partial charge < -0.3 is 10.0 Å². The van der Waals surface area contributed by atoms with Gasteiger partial charge in [-0.05, 0) is 55.0 Å². The molecule has 0 spiro atoms. The molecular weight excluding hydrogens is 286 g/mol. The molecule has 1 saturated carbocycles. The number of aliphatic hydroxyl groups excluding tert-OH is 1. The monoisotopic (exact) mass is 311 g/mol. The number of aliphatic hydroxyl groups is 1. The van der Waals surface area contributed by atoms with Crippen LogP contribution in [-0.4, -0.2) is 24.2 Å². The lowest BCUT2D eigenvalue weighted by atomic mass is 9.87. The predicted molar refractivity (Wildman–Crippen MR) is 96.4 cm³/mol. The fourth-order valence-corrected chi connectivity index (χ4v) is 2.74. The lowest BCUT2D eigenvalue weighted by Gasteiger charge is -2.21. The van der Waals surface area contributed by atoms with E-state index in [4.69, 9.17) is 5.11 Å². The summed E-state index contributed by atoms with van der Waals surface area (Å²) < 4.78 is 0. The first-order valence-corrected chi connectivity index (χ1v) is 8.09. The summed E-state index contributed by atoms with van der Waals surface area (Å²) in [7, 11) is 0. The number of benzene rings is 1. The van der Waals surface area contributed by atoms with Crippen LogP contribution in [-0.2, 0) is 4.79 Å².